The molecule has 0 saturated heterocycles. The average molecular weight is 353 g/mol. The number of amides is 1. The smallest absolute Gasteiger partial charge is 0.223 e. The second-order valence-electron chi connectivity index (χ2n) is 7.44. The summed E-state index contributed by atoms with van der Waals surface area (Å²) in [6.45, 7) is 1.36. The van der Waals surface area contributed by atoms with Crippen LogP contribution in [0.3, 0.4) is 0 Å². The molecule has 1 aromatic heterocycles. The van der Waals surface area contributed by atoms with Gasteiger partial charge in [0.15, 0.2) is 0 Å². The minimum atomic E-state index is -0.0569. The fraction of sp³-hybridized carbons (Fsp3) is 0.500. The van der Waals surface area contributed by atoms with Gasteiger partial charge in [-0.3, -0.25) is 4.79 Å². The van der Waals surface area contributed by atoms with Gasteiger partial charge in [-0.25, -0.2) is 4.98 Å². The van der Waals surface area contributed by atoms with Crippen LogP contribution in [0.1, 0.15) is 49.5 Å². The van der Waals surface area contributed by atoms with Gasteiger partial charge in [0.25, 0.3) is 0 Å². The first-order valence-electron chi connectivity index (χ1n) is 9.62. The van der Waals surface area contributed by atoms with Crippen molar-refractivity contribution in [2.45, 2.75) is 44.6 Å². The highest BCUT2D eigenvalue weighted by Gasteiger charge is 2.33. The minimum absolute atomic E-state index is 0.0569. The number of nitrogens with zero attached hydrogens (tertiary/aromatic N) is 2. The maximum atomic E-state index is 13.0. The van der Waals surface area contributed by atoms with Crippen molar-refractivity contribution in [1.82, 2.24) is 14.9 Å². The molecule has 1 unspecified atom stereocenters. The number of rotatable bonds is 5. The molecule has 1 atom stereocenters. The van der Waals surface area contributed by atoms with Crippen LogP contribution < -0.4 is 11.1 Å². The molecule has 4 rings (SSSR count). The molecule has 2 heterocycles. The summed E-state index contributed by atoms with van der Waals surface area (Å²) in [5.41, 5.74) is 9.79. The highest BCUT2D eigenvalue weighted by molar-refractivity contribution is 5.77. The van der Waals surface area contributed by atoms with Gasteiger partial charge in [-0.05, 0) is 30.9 Å². The molecular weight excluding hydrogens is 326 g/mol. The predicted molar refractivity (Wildman–Crippen MR) is 103 cm³/mol. The molecule has 0 spiro atoms. The summed E-state index contributed by atoms with van der Waals surface area (Å²) in [5, 5.41) is 3.42. The lowest BCUT2D eigenvalue weighted by Gasteiger charge is -2.36. The molecule has 1 fully saturated rings. The molecule has 6 heteroatoms. The molecule has 1 aromatic carbocycles. The van der Waals surface area contributed by atoms with Crippen molar-refractivity contribution in [3.63, 3.8) is 0 Å². The number of hydrogen-bond acceptors (Lipinski definition) is 4. The molecule has 4 N–H and O–H groups in total. The first-order chi connectivity index (χ1) is 12.7. The molecule has 2 aromatic rings. The van der Waals surface area contributed by atoms with Crippen molar-refractivity contribution < 1.29 is 4.79 Å². The number of carbonyl (C=O) groups excluding carboxylic acids is 1. The molecule has 26 heavy (non-hydrogen) atoms. The standard InChI is InChI=1S/C20H27N5O/c21-15-7-3-4-8-16(15)22-12-18-20-17(23-13-24-20)9-10-25(18)19(26)11-14-5-1-2-6-14/h3-4,7-8,13-14,18,22H,1-2,5-6,9-12,21H2,(H,23,24). The summed E-state index contributed by atoms with van der Waals surface area (Å²) < 4.78 is 0. The quantitative estimate of drug-likeness (QED) is 0.721. The number of imidazole rings is 1. The third kappa shape index (κ3) is 3.41. The zero-order chi connectivity index (χ0) is 17.9. The van der Waals surface area contributed by atoms with Gasteiger partial charge in [-0.1, -0.05) is 25.0 Å². The van der Waals surface area contributed by atoms with Crippen LogP contribution in [0.25, 0.3) is 0 Å². The zero-order valence-electron chi connectivity index (χ0n) is 15.1. The number of carbonyl (C=O) groups is 1. The van der Waals surface area contributed by atoms with E-state index in [0.717, 1.165) is 35.7 Å². The molecule has 1 amide bonds. The van der Waals surface area contributed by atoms with Gasteiger partial charge in [-0.15, -0.1) is 0 Å². The lowest BCUT2D eigenvalue weighted by Crippen LogP contribution is -2.43. The second-order valence-corrected chi connectivity index (χ2v) is 7.44. The van der Waals surface area contributed by atoms with E-state index < -0.39 is 0 Å². The van der Waals surface area contributed by atoms with Crippen LogP contribution in [0.4, 0.5) is 11.4 Å². The van der Waals surface area contributed by atoms with E-state index in [0.29, 0.717) is 18.9 Å². The Labute approximate surface area is 154 Å². The number of aromatic nitrogens is 2. The lowest BCUT2D eigenvalue weighted by molar-refractivity contribution is -0.135. The molecular formula is C20H27N5O. The third-order valence-corrected chi connectivity index (χ3v) is 5.75. The fourth-order valence-corrected chi connectivity index (χ4v) is 4.30. The Kier molecular flexibility index (Phi) is 4.82. The van der Waals surface area contributed by atoms with Crippen LogP contribution in [0, 0.1) is 5.92 Å². The highest BCUT2D eigenvalue weighted by Crippen LogP contribution is 2.32. The first kappa shape index (κ1) is 16.9. The van der Waals surface area contributed by atoms with Crippen LogP contribution in [0.15, 0.2) is 30.6 Å². The number of benzene rings is 1. The summed E-state index contributed by atoms with van der Waals surface area (Å²) in [5.74, 6) is 0.819. The zero-order valence-corrected chi connectivity index (χ0v) is 15.1. The van der Waals surface area contributed by atoms with Crippen LogP contribution in [0.5, 0.6) is 0 Å². The third-order valence-electron chi connectivity index (χ3n) is 5.75. The van der Waals surface area contributed by atoms with Gasteiger partial charge in [0, 0.05) is 31.6 Å². The number of aromatic amines is 1. The fourth-order valence-electron chi connectivity index (χ4n) is 4.30. The first-order valence-corrected chi connectivity index (χ1v) is 9.62. The molecule has 2 aliphatic rings. The molecule has 0 radical (unpaired) electrons. The number of nitrogens with one attached hydrogen (secondary N) is 2. The number of nitrogen functional groups attached to an aromatic ring is 1. The van der Waals surface area contributed by atoms with Crippen molar-refractivity contribution in [2.75, 3.05) is 24.1 Å². The molecule has 1 aliphatic carbocycles. The van der Waals surface area contributed by atoms with E-state index in [2.05, 4.69) is 15.3 Å². The summed E-state index contributed by atoms with van der Waals surface area (Å²) in [6.07, 6.45) is 8.16. The minimum Gasteiger partial charge on any atom is -0.397 e. The Hall–Kier alpha value is -2.50. The topological polar surface area (TPSA) is 87.0 Å². The van der Waals surface area contributed by atoms with E-state index in [1.165, 1.54) is 25.7 Å². The molecule has 0 bridgehead atoms. The van der Waals surface area contributed by atoms with E-state index in [1.54, 1.807) is 6.33 Å². The van der Waals surface area contributed by atoms with Crippen molar-refractivity contribution >= 4 is 17.3 Å². The Bertz CT molecular complexity index is 765. The maximum Gasteiger partial charge on any atom is 0.223 e. The Morgan fingerprint density at radius 1 is 1.31 bits per heavy atom. The Morgan fingerprint density at radius 3 is 2.92 bits per heavy atom. The van der Waals surface area contributed by atoms with Gasteiger partial charge >= 0.3 is 0 Å². The number of para-hydroxylation sites is 2. The maximum absolute atomic E-state index is 13.0. The normalized spacial score (nSPS) is 20.2. The van der Waals surface area contributed by atoms with E-state index in [9.17, 15) is 4.79 Å². The van der Waals surface area contributed by atoms with Gasteiger partial charge < -0.3 is 20.9 Å². The lowest BCUT2D eigenvalue weighted by atomic mass is 9.98. The monoisotopic (exact) mass is 353 g/mol. The largest absolute Gasteiger partial charge is 0.397 e. The molecule has 138 valence electrons. The number of nitrogens with two attached hydrogens (primary N) is 1. The Balaban J connectivity index is 1.51. The van der Waals surface area contributed by atoms with Crippen LogP contribution in [0.2, 0.25) is 0 Å². The number of anilines is 2. The number of H-pyrrole nitrogens is 1. The van der Waals surface area contributed by atoms with Crippen LogP contribution >= 0.6 is 0 Å². The van der Waals surface area contributed by atoms with E-state index in [1.807, 2.05) is 29.2 Å². The summed E-state index contributed by atoms with van der Waals surface area (Å²) in [4.78, 5) is 22.8. The van der Waals surface area contributed by atoms with Gasteiger partial charge in [0.2, 0.25) is 5.91 Å². The SMILES string of the molecule is Nc1ccccc1NCC1c2nc[nH]c2CCN1C(=O)CC1CCCC1. The number of hydrogen-bond donors (Lipinski definition) is 3. The average Bonchev–Trinajstić information content (AvgIpc) is 3.32. The van der Waals surface area contributed by atoms with Crippen molar-refractivity contribution in [1.29, 1.82) is 0 Å². The summed E-state index contributed by atoms with van der Waals surface area (Å²) in [7, 11) is 0. The molecule has 1 saturated carbocycles. The summed E-state index contributed by atoms with van der Waals surface area (Å²) in [6, 6.07) is 7.67. The van der Waals surface area contributed by atoms with Gasteiger partial charge in [0.05, 0.1) is 29.4 Å². The van der Waals surface area contributed by atoms with Crippen LogP contribution in [-0.2, 0) is 11.2 Å². The predicted octanol–water partition coefficient (Wildman–Crippen LogP) is 3.11. The van der Waals surface area contributed by atoms with Crippen molar-refractivity contribution in [3.05, 3.63) is 42.0 Å². The number of fused-ring (bicyclic) bond motifs is 1. The van der Waals surface area contributed by atoms with Gasteiger partial charge in [-0.2, -0.15) is 0 Å². The van der Waals surface area contributed by atoms with E-state index in [-0.39, 0.29) is 11.9 Å². The van der Waals surface area contributed by atoms with Gasteiger partial charge in [0.1, 0.15) is 0 Å². The summed E-state index contributed by atoms with van der Waals surface area (Å²) >= 11 is 0. The van der Waals surface area contributed by atoms with Crippen molar-refractivity contribution in [2.24, 2.45) is 5.92 Å². The van der Waals surface area contributed by atoms with Crippen molar-refractivity contribution in [3.8, 4) is 0 Å². The Morgan fingerprint density at radius 2 is 2.12 bits per heavy atom. The van der Waals surface area contributed by atoms with Crippen LogP contribution in [-0.4, -0.2) is 33.9 Å². The molecule has 6 nitrogen and oxygen atoms in total. The molecule has 1 aliphatic heterocycles. The highest BCUT2D eigenvalue weighted by atomic mass is 16.2. The van der Waals surface area contributed by atoms with E-state index >= 15 is 0 Å². The van der Waals surface area contributed by atoms with E-state index in [4.69, 9.17) is 5.73 Å². The second kappa shape index (κ2) is 7.40.